The van der Waals surface area contributed by atoms with Crippen molar-refractivity contribution in [2.45, 2.75) is 19.8 Å². The van der Waals surface area contributed by atoms with E-state index in [2.05, 4.69) is 4.98 Å². The van der Waals surface area contributed by atoms with Crippen molar-refractivity contribution in [3.63, 3.8) is 0 Å². The number of likely N-dealkylation sites (N-methyl/N-ethyl adjacent to an activating group) is 1. The van der Waals surface area contributed by atoms with Crippen LogP contribution >= 0.6 is 23.7 Å². The van der Waals surface area contributed by atoms with Crippen LogP contribution in [0.2, 0.25) is 0 Å². The maximum absolute atomic E-state index is 12.9. The summed E-state index contributed by atoms with van der Waals surface area (Å²) in [5, 5.41) is 0.594. The zero-order chi connectivity index (χ0) is 18.8. The van der Waals surface area contributed by atoms with Crippen molar-refractivity contribution in [1.82, 2.24) is 14.8 Å². The first-order valence-electron chi connectivity index (χ1n) is 8.50. The van der Waals surface area contributed by atoms with Gasteiger partial charge in [-0.1, -0.05) is 17.4 Å². The predicted molar refractivity (Wildman–Crippen MR) is 108 cm³/mol. The van der Waals surface area contributed by atoms with E-state index in [4.69, 9.17) is 0 Å². The van der Waals surface area contributed by atoms with E-state index in [1.54, 1.807) is 4.90 Å². The lowest BCUT2D eigenvalue weighted by Crippen LogP contribution is -2.44. The van der Waals surface area contributed by atoms with Gasteiger partial charge in [-0.3, -0.25) is 24.2 Å². The molecule has 27 heavy (non-hydrogen) atoms. The first-order valence-corrected chi connectivity index (χ1v) is 9.32. The molecular formula is C18H23ClN4O3S. The Bertz CT molecular complexity index is 851. The molecule has 3 amide bonds. The van der Waals surface area contributed by atoms with E-state index >= 15 is 0 Å². The fourth-order valence-corrected chi connectivity index (χ4v) is 3.89. The molecule has 0 atom stereocenters. The van der Waals surface area contributed by atoms with Gasteiger partial charge in [0.25, 0.3) is 0 Å². The fourth-order valence-electron chi connectivity index (χ4n) is 2.78. The van der Waals surface area contributed by atoms with E-state index in [-0.39, 0.29) is 49.5 Å². The first-order chi connectivity index (χ1) is 12.3. The van der Waals surface area contributed by atoms with E-state index in [9.17, 15) is 14.4 Å². The molecule has 2 heterocycles. The Kier molecular flexibility index (Phi) is 6.91. The SMILES string of the molecule is Cc1ccc2nc(N(CCN(C)C)C(=O)CN3C(=O)CCC3=O)sc2c1.Cl. The Balaban J connectivity index is 0.00000261. The molecule has 146 valence electrons. The Morgan fingerprint density at radius 3 is 2.48 bits per heavy atom. The third-order valence-electron chi connectivity index (χ3n) is 4.28. The van der Waals surface area contributed by atoms with E-state index in [1.165, 1.54) is 11.3 Å². The van der Waals surface area contributed by atoms with Crippen LogP contribution < -0.4 is 4.90 Å². The van der Waals surface area contributed by atoms with Gasteiger partial charge >= 0.3 is 0 Å². The number of hydrogen-bond acceptors (Lipinski definition) is 6. The number of imide groups is 1. The maximum Gasteiger partial charge on any atom is 0.248 e. The van der Waals surface area contributed by atoms with Gasteiger partial charge in [0.15, 0.2) is 5.13 Å². The molecule has 0 bridgehead atoms. The van der Waals surface area contributed by atoms with Gasteiger partial charge in [0.05, 0.1) is 10.2 Å². The molecular weight excluding hydrogens is 388 g/mol. The third-order valence-corrected chi connectivity index (χ3v) is 5.32. The van der Waals surface area contributed by atoms with Crippen molar-refractivity contribution in [3.8, 4) is 0 Å². The summed E-state index contributed by atoms with van der Waals surface area (Å²) in [5.41, 5.74) is 1.97. The molecule has 0 saturated carbocycles. The second-order valence-electron chi connectivity index (χ2n) is 6.69. The van der Waals surface area contributed by atoms with Crippen LogP contribution in [0.25, 0.3) is 10.2 Å². The Morgan fingerprint density at radius 1 is 1.19 bits per heavy atom. The highest BCUT2D eigenvalue weighted by Crippen LogP contribution is 2.29. The molecule has 9 heteroatoms. The number of aryl methyl sites for hydroxylation is 1. The average Bonchev–Trinajstić information content (AvgIpc) is 3.12. The number of fused-ring (bicyclic) bond motifs is 1. The highest BCUT2D eigenvalue weighted by Gasteiger charge is 2.32. The van der Waals surface area contributed by atoms with Gasteiger partial charge in [-0.2, -0.15) is 0 Å². The van der Waals surface area contributed by atoms with Crippen LogP contribution in [-0.2, 0) is 14.4 Å². The summed E-state index contributed by atoms with van der Waals surface area (Å²) in [6, 6.07) is 5.96. The lowest BCUT2D eigenvalue weighted by Gasteiger charge is -2.24. The summed E-state index contributed by atoms with van der Waals surface area (Å²) in [4.78, 5) is 45.7. The van der Waals surface area contributed by atoms with Crippen molar-refractivity contribution in [3.05, 3.63) is 23.8 Å². The Labute approximate surface area is 168 Å². The van der Waals surface area contributed by atoms with Crippen LogP contribution in [0.3, 0.4) is 0 Å². The monoisotopic (exact) mass is 410 g/mol. The Morgan fingerprint density at radius 2 is 1.85 bits per heavy atom. The highest BCUT2D eigenvalue weighted by atomic mass is 35.5. The number of benzene rings is 1. The summed E-state index contributed by atoms with van der Waals surface area (Å²) in [6.07, 6.45) is 0.369. The number of aromatic nitrogens is 1. The molecule has 1 fully saturated rings. The minimum absolute atomic E-state index is 0. The number of nitrogens with zero attached hydrogens (tertiary/aromatic N) is 4. The zero-order valence-electron chi connectivity index (χ0n) is 15.6. The van der Waals surface area contributed by atoms with Gasteiger partial charge in [-0.25, -0.2) is 4.98 Å². The van der Waals surface area contributed by atoms with E-state index in [0.29, 0.717) is 18.2 Å². The minimum atomic E-state index is -0.286. The lowest BCUT2D eigenvalue weighted by atomic mass is 10.2. The molecule has 3 rings (SSSR count). The number of amides is 3. The van der Waals surface area contributed by atoms with E-state index < -0.39 is 0 Å². The molecule has 0 spiro atoms. The van der Waals surface area contributed by atoms with Gasteiger partial charge in [0.2, 0.25) is 17.7 Å². The molecule has 1 saturated heterocycles. The van der Waals surface area contributed by atoms with Gasteiger partial charge < -0.3 is 4.90 Å². The molecule has 1 aliphatic heterocycles. The third kappa shape index (κ3) is 4.82. The standard InChI is InChI=1S/C18H22N4O3S.ClH/c1-12-4-5-13-14(10-12)26-18(19-13)21(9-8-20(2)3)17(25)11-22-15(23)6-7-16(22)24;/h4-5,10H,6-9,11H2,1-3H3;1H. The number of rotatable bonds is 6. The number of halogens is 1. The molecule has 0 unspecified atom stereocenters. The molecule has 7 nitrogen and oxygen atoms in total. The summed E-state index contributed by atoms with van der Waals surface area (Å²) < 4.78 is 1.01. The van der Waals surface area contributed by atoms with Gasteiger partial charge in [-0.05, 0) is 38.7 Å². The van der Waals surface area contributed by atoms with Crippen molar-refractivity contribution in [2.24, 2.45) is 0 Å². The number of anilines is 1. The predicted octanol–water partition coefficient (Wildman–Crippen LogP) is 2.07. The molecule has 0 N–H and O–H groups in total. The van der Waals surface area contributed by atoms with Crippen LogP contribution in [0, 0.1) is 6.92 Å². The lowest BCUT2D eigenvalue weighted by molar-refractivity contribution is -0.141. The second-order valence-corrected chi connectivity index (χ2v) is 7.70. The van der Waals surface area contributed by atoms with Crippen LogP contribution in [0.5, 0.6) is 0 Å². The Hall–Kier alpha value is -2.03. The number of carbonyl (C=O) groups excluding carboxylic acids is 3. The van der Waals surface area contributed by atoms with Gasteiger partial charge in [0.1, 0.15) is 6.54 Å². The van der Waals surface area contributed by atoms with Crippen molar-refractivity contribution in [1.29, 1.82) is 0 Å². The summed E-state index contributed by atoms with van der Waals surface area (Å²) >= 11 is 1.45. The fraction of sp³-hybridized carbons (Fsp3) is 0.444. The molecule has 0 aliphatic carbocycles. The van der Waals surface area contributed by atoms with Crippen molar-refractivity contribution in [2.75, 3.05) is 38.6 Å². The summed E-state index contributed by atoms with van der Waals surface area (Å²) in [5.74, 6) is -0.849. The molecule has 1 aromatic heterocycles. The largest absolute Gasteiger partial charge is 0.308 e. The maximum atomic E-state index is 12.9. The number of thiazole rings is 1. The quantitative estimate of drug-likeness (QED) is 0.681. The molecule has 2 aromatic rings. The molecule has 1 aliphatic rings. The van der Waals surface area contributed by atoms with Crippen LogP contribution in [0.15, 0.2) is 18.2 Å². The zero-order valence-corrected chi connectivity index (χ0v) is 17.2. The first kappa shape index (κ1) is 21.3. The molecule has 1 aromatic carbocycles. The normalized spacial score (nSPS) is 14.1. The van der Waals surface area contributed by atoms with E-state index in [1.807, 2.05) is 44.1 Å². The number of hydrogen-bond donors (Lipinski definition) is 0. The van der Waals surface area contributed by atoms with Crippen LogP contribution in [-0.4, -0.2) is 66.2 Å². The number of likely N-dealkylation sites (tertiary alicyclic amines) is 1. The summed E-state index contributed by atoms with van der Waals surface area (Å²) in [7, 11) is 3.86. The van der Waals surface area contributed by atoms with Gasteiger partial charge in [-0.15, -0.1) is 12.4 Å². The van der Waals surface area contributed by atoms with Gasteiger partial charge in [0, 0.05) is 25.9 Å². The van der Waals surface area contributed by atoms with Crippen LogP contribution in [0.1, 0.15) is 18.4 Å². The minimum Gasteiger partial charge on any atom is -0.308 e. The number of carbonyl (C=O) groups is 3. The van der Waals surface area contributed by atoms with Crippen molar-refractivity contribution >= 4 is 56.8 Å². The summed E-state index contributed by atoms with van der Waals surface area (Å²) in [6.45, 7) is 2.89. The average molecular weight is 411 g/mol. The van der Waals surface area contributed by atoms with Crippen molar-refractivity contribution < 1.29 is 14.4 Å². The second kappa shape index (κ2) is 8.77. The topological polar surface area (TPSA) is 73.8 Å². The van der Waals surface area contributed by atoms with Crippen LogP contribution in [0.4, 0.5) is 5.13 Å². The molecule has 0 radical (unpaired) electrons. The smallest absolute Gasteiger partial charge is 0.248 e. The van der Waals surface area contributed by atoms with E-state index in [0.717, 1.165) is 20.7 Å². The highest BCUT2D eigenvalue weighted by molar-refractivity contribution is 7.22.